The van der Waals surface area contributed by atoms with E-state index in [1.54, 1.807) is 11.5 Å². The Labute approximate surface area is 201 Å². The van der Waals surface area contributed by atoms with Gasteiger partial charge in [-0.05, 0) is 44.9 Å². The van der Waals surface area contributed by atoms with E-state index in [-0.39, 0.29) is 17.6 Å². The van der Waals surface area contributed by atoms with Crippen LogP contribution >= 0.6 is 23.1 Å². The molecule has 0 fully saturated rings. The second kappa shape index (κ2) is 9.93. The van der Waals surface area contributed by atoms with Crippen molar-refractivity contribution in [3.8, 4) is 16.8 Å². The average Bonchev–Trinajstić information content (AvgIpc) is 3.16. The van der Waals surface area contributed by atoms with Gasteiger partial charge in [-0.15, -0.1) is 11.3 Å². The average molecular weight is 479 g/mol. The Bertz CT molecular complexity index is 1330. The molecule has 4 aromatic rings. The molecule has 7 heteroatoms. The van der Waals surface area contributed by atoms with E-state index in [1.807, 2.05) is 81.4 Å². The Morgan fingerprint density at radius 2 is 1.73 bits per heavy atom. The van der Waals surface area contributed by atoms with Crippen molar-refractivity contribution in [1.29, 1.82) is 0 Å². The van der Waals surface area contributed by atoms with Gasteiger partial charge in [0, 0.05) is 10.4 Å². The molecule has 0 saturated carbocycles. The third kappa shape index (κ3) is 4.75. The maximum atomic E-state index is 13.9. The maximum Gasteiger partial charge on any atom is 0.319 e. The van der Waals surface area contributed by atoms with E-state index in [0.717, 1.165) is 22.4 Å². The number of carbonyl (C=O) groups excluding carboxylic acids is 1. The highest BCUT2D eigenvalue weighted by molar-refractivity contribution is 8.00. The number of rotatable bonds is 7. The fourth-order valence-corrected chi connectivity index (χ4v) is 5.56. The summed E-state index contributed by atoms with van der Waals surface area (Å²) in [5.74, 6) is -0.310. The molecular weight excluding hydrogens is 452 g/mol. The second-order valence-corrected chi connectivity index (χ2v) is 10.4. The highest BCUT2D eigenvalue weighted by Crippen LogP contribution is 2.37. The van der Waals surface area contributed by atoms with Crippen LogP contribution in [0.1, 0.15) is 32.1 Å². The molecule has 0 aliphatic carbocycles. The Morgan fingerprint density at radius 3 is 2.36 bits per heavy atom. The predicted octanol–water partition coefficient (Wildman–Crippen LogP) is 6.24. The number of esters is 1. The summed E-state index contributed by atoms with van der Waals surface area (Å²) in [4.78, 5) is 33.1. The number of para-hydroxylation sites is 1. The molecule has 0 amide bonds. The van der Waals surface area contributed by atoms with Crippen molar-refractivity contribution in [3.05, 3.63) is 75.9 Å². The van der Waals surface area contributed by atoms with Gasteiger partial charge in [0.15, 0.2) is 5.16 Å². The van der Waals surface area contributed by atoms with Gasteiger partial charge in [-0.1, -0.05) is 67.2 Å². The fourth-order valence-electron chi connectivity index (χ4n) is 3.56. The molecule has 0 radical (unpaired) electrons. The van der Waals surface area contributed by atoms with Gasteiger partial charge in [0.1, 0.15) is 10.1 Å². The van der Waals surface area contributed by atoms with Crippen molar-refractivity contribution in [3.63, 3.8) is 0 Å². The minimum absolute atomic E-state index is 0.139. The van der Waals surface area contributed by atoms with E-state index < -0.39 is 5.25 Å². The van der Waals surface area contributed by atoms with Crippen LogP contribution in [-0.2, 0) is 9.53 Å². The number of aromatic nitrogens is 2. The first kappa shape index (κ1) is 23.3. The van der Waals surface area contributed by atoms with Gasteiger partial charge in [0.2, 0.25) is 0 Å². The molecule has 2 unspecified atom stereocenters. The predicted molar refractivity (Wildman–Crippen MR) is 137 cm³/mol. The van der Waals surface area contributed by atoms with Crippen molar-refractivity contribution in [2.24, 2.45) is 0 Å². The third-order valence-corrected chi connectivity index (χ3v) is 7.48. The third-order valence-electron chi connectivity index (χ3n) is 5.45. The number of hydrogen-bond donors (Lipinski definition) is 0. The Morgan fingerprint density at radius 1 is 1.09 bits per heavy atom. The zero-order chi connectivity index (χ0) is 23.5. The zero-order valence-electron chi connectivity index (χ0n) is 19.1. The summed E-state index contributed by atoms with van der Waals surface area (Å²) >= 11 is 2.75. The number of thiophene rings is 1. The van der Waals surface area contributed by atoms with Gasteiger partial charge in [0.05, 0.1) is 17.2 Å². The van der Waals surface area contributed by atoms with Crippen LogP contribution in [0.25, 0.3) is 27.0 Å². The van der Waals surface area contributed by atoms with Crippen molar-refractivity contribution >= 4 is 39.3 Å². The highest BCUT2D eigenvalue weighted by atomic mass is 32.2. The lowest BCUT2D eigenvalue weighted by atomic mass is 10.0. The summed E-state index contributed by atoms with van der Waals surface area (Å²) in [6.07, 6.45) is 0.597. The van der Waals surface area contributed by atoms with E-state index in [2.05, 4.69) is 0 Å². The molecule has 0 aliphatic heterocycles. The molecule has 170 valence electrons. The molecule has 4 rings (SSSR count). The Hall–Kier alpha value is -2.90. The van der Waals surface area contributed by atoms with Gasteiger partial charge in [-0.3, -0.25) is 14.2 Å². The van der Waals surface area contributed by atoms with Crippen LogP contribution in [0.3, 0.4) is 0 Å². The summed E-state index contributed by atoms with van der Waals surface area (Å²) < 4.78 is 7.12. The van der Waals surface area contributed by atoms with Crippen LogP contribution < -0.4 is 5.56 Å². The first-order chi connectivity index (χ1) is 15.9. The number of thioether (sulfide) groups is 1. The lowest BCUT2D eigenvalue weighted by molar-refractivity contribution is -0.147. The number of hydrogen-bond acceptors (Lipinski definition) is 6. The number of fused-ring (bicyclic) bond motifs is 1. The van der Waals surface area contributed by atoms with Gasteiger partial charge in [-0.2, -0.15) is 0 Å². The van der Waals surface area contributed by atoms with Gasteiger partial charge < -0.3 is 4.74 Å². The molecule has 0 bridgehead atoms. The van der Waals surface area contributed by atoms with Gasteiger partial charge in [0.25, 0.3) is 5.56 Å². The monoisotopic (exact) mass is 478 g/mol. The second-order valence-electron chi connectivity index (χ2n) is 7.87. The normalized spacial score (nSPS) is 13.1. The highest BCUT2D eigenvalue weighted by Gasteiger charge is 2.25. The van der Waals surface area contributed by atoms with Crippen molar-refractivity contribution < 1.29 is 9.53 Å². The van der Waals surface area contributed by atoms with Gasteiger partial charge in [-0.25, -0.2) is 4.98 Å². The Balaban J connectivity index is 1.89. The minimum atomic E-state index is -0.507. The minimum Gasteiger partial charge on any atom is -0.462 e. The Kier molecular flexibility index (Phi) is 7.00. The molecule has 0 spiro atoms. The van der Waals surface area contributed by atoms with Crippen LogP contribution in [0.15, 0.2) is 70.6 Å². The van der Waals surface area contributed by atoms with Crippen molar-refractivity contribution in [2.75, 3.05) is 0 Å². The quantitative estimate of drug-likeness (QED) is 0.179. The van der Waals surface area contributed by atoms with Crippen LogP contribution in [0.2, 0.25) is 0 Å². The molecular formula is C26H26N2O3S2. The van der Waals surface area contributed by atoms with Crippen LogP contribution in [0, 0.1) is 6.92 Å². The van der Waals surface area contributed by atoms with Gasteiger partial charge >= 0.3 is 5.97 Å². The standard InChI is InChI=1S/C26H26N2O3S2/c1-5-16(2)31-25(30)18(4)33-26-27-23-22(24(29)28(26)20-14-10-7-11-15-20)21(17(3)32-23)19-12-8-6-9-13-19/h6-16,18H,5H2,1-4H3. The molecule has 0 N–H and O–H groups in total. The van der Waals surface area contributed by atoms with E-state index in [1.165, 1.54) is 23.1 Å². The number of carbonyl (C=O) groups is 1. The molecule has 0 aliphatic rings. The summed E-state index contributed by atoms with van der Waals surface area (Å²) in [6.45, 7) is 7.65. The summed E-state index contributed by atoms with van der Waals surface area (Å²) in [5, 5.41) is 0.577. The van der Waals surface area contributed by atoms with E-state index in [9.17, 15) is 9.59 Å². The molecule has 0 saturated heterocycles. The molecule has 5 nitrogen and oxygen atoms in total. The zero-order valence-corrected chi connectivity index (χ0v) is 20.7. The van der Waals surface area contributed by atoms with E-state index in [4.69, 9.17) is 9.72 Å². The first-order valence-corrected chi connectivity index (χ1v) is 12.6. The molecule has 2 aromatic heterocycles. The summed E-state index contributed by atoms with van der Waals surface area (Å²) in [5.41, 5.74) is 2.48. The SMILES string of the molecule is CCC(C)OC(=O)C(C)Sc1nc2sc(C)c(-c3ccccc3)c2c(=O)n1-c1ccccc1. The fraction of sp³-hybridized carbons (Fsp3) is 0.269. The van der Waals surface area contributed by atoms with Crippen molar-refractivity contribution in [2.45, 2.75) is 50.6 Å². The summed E-state index contributed by atoms with van der Waals surface area (Å²) in [7, 11) is 0. The maximum absolute atomic E-state index is 13.9. The molecule has 33 heavy (non-hydrogen) atoms. The first-order valence-electron chi connectivity index (χ1n) is 10.9. The number of benzene rings is 2. The topological polar surface area (TPSA) is 61.2 Å². The smallest absolute Gasteiger partial charge is 0.319 e. The largest absolute Gasteiger partial charge is 0.462 e. The summed E-state index contributed by atoms with van der Waals surface area (Å²) in [6, 6.07) is 19.4. The number of ether oxygens (including phenoxy) is 1. The lowest BCUT2D eigenvalue weighted by Gasteiger charge is -2.17. The van der Waals surface area contributed by atoms with E-state index >= 15 is 0 Å². The molecule has 2 atom stereocenters. The number of nitrogens with zero attached hydrogens (tertiary/aromatic N) is 2. The van der Waals surface area contributed by atoms with Crippen LogP contribution in [0.5, 0.6) is 0 Å². The van der Waals surface area contributed by atoms with Crippen LogP contribution in [0.4, 0.5) is 0 Å². The number of aryl methyl sites for hydroxylation is 1. The van der Waals surface area contributed by atoms with Crippen LogP contribution in [-0.4, -0.2) is 26.9 Å². The van der Waals surface area contributed by atoms with Crippen molar-refractivity contribution in [1.82, 2.24) is 9.55 Å². The van der Waals surface area contributed by atoms with E-state index in [0.29, 0.717) is 21.1 Å². The molecule has 2 aromatic carbocycles. The molecule has 2 heterocycles. The lowest BCUT2D eigenvalue weighted by Crippen LogP contribution is -2.25.